The molecular weight excluding hydrogens is 202 g/mol. The highest BCUT2D eigenvalue weighted by molar-refractivity contribution is 5.23. The summed E-state index contributed by atoms with van der Waals surface area (Å²) in [4.78, 5) is 5.64. The van der Waals surface area contributed by atoms with Crippen LogP contribution in [-0.4, -0.2) is 15.9 Å². The Morgan fingerprint density at radius 3 is 2.62 bits per heavy atom. The molecule has 0 spiro atoms. The van der Waals surface area contributed by atoms with Gasteiger partial charge in [0.05, 0.1) is 11.8 Å². The van der Waals surface area contributed by atoms with Crippen LogP contribution in [-0.2, 0) is 18.4 Å². The fourth-order valence-corrected chi connectivity index (χ4v) is 2.31. The van der Waals surface area contributed by atoms with Gasteiger partial charge in [0.1, 0.15) is 0 Å². The third-order valence-electron chi connectivity index (χ3n) is 3.46. The predicted octanol–water partition coefficient (Wildman–Crippen LogP) is 2.00. The van der Waals surface area contributed by atoms with E-state index in [9.17, 15) is 0 Å². The fraction of sp³-hybridized carbons (Fsp3) is 0.750. The first-order valence-electron chi connectivity index (χ1n) is 6.06. The summed E-state index contributed by atoms with van der Waals surface area (Å²) in [6.07, 6.45) is 5.40. The molecule has 0 aliphatic heterocycles. The minimum atomic E-state index is 0.414. The zero-order valence-electron chi connectivity index (χ0n) is 10.4. The number of hydrogen-bond donors (Lipinski definition) is 1. The smallest absolute Gasteiger partial charge is 0.0790 e. The molecule has 4 heteroatoms. The zero-order valence-corrected chi connectivity index (χ0v) is 10.4. The van der Waals surface area contributed by atoms with E-state index in [1.807, 2.05) is 18.7 Å². The van der Waals surface area contributed by atoms with Gasteiger partial charge in [-0.25, -0.2) is 0 Å². The van der Waals surface area contributed by atoms with Gasteiger partial charge < -0.3 is 0 Å². The highest BCUT2D eigenvalue weighted by Crippen LogP contribution is 2.20. The molecule has 0 aromatic carbocycles. The van der Waals surface area contributed by atoms with Crippen LogP contribution in [0.4, 0.5) is 0 Å². The summed E-state index contributed by atoms with van der Waals surface area (Å²) in [5, 5.41) is 4.38. The van der Waals surface area contributed by atoms with Crippen LogP contribution in [0.25, 0.3) is 0 Å². The molecule has 0 amide bonds. The first-order valence-corrected chi connectivity index (χ1v) is 6.06. The van der Waals surface area contributed by atoms with Gasteiger partial charge >= 0.3 is 0 Å². The van der Waals surface area contributed by atoms with Crippen molar-refractivity contribution in [3.05, 3.63) is 17.0 Å². The van der Waals surface area contributed by atoms with E-state index in [1.54, 1.807) is 0 Å². The number of nitrogens with zero attached hydrogens (tertiary/aromatic N) is 2. The van der Waals surface area contributed by atoms with Gasteiger partial charge in [0.15, 0.2) is 0 Å². The van der Waals surface area contributed by atoms with Crippen LogP contribution >= 0.6 is 0 Å². The van der Waals surface area contributed by atoms with Crippen molar-refractivity contribution in [2.45, 2.75) is 52.2 Å². The summed E-state index contributed by atoms with van der Waals surface area (Å²) in [5.41, 5.74) is 6.63. The largest absolute Gasteiger partial charge is 0.298 e. The lowest BCUT2D eigenvalue weighted by Gasteiger charge is -2.11. The second-order valence-electron chi connectivity index (χ2n) is 4.62. The first kappa shape index (κ1) is 11.6. The summed E-state index contributed by atoms with van der Waals surface area (Å²) in [6.45, 7) is 4.88. The molecule has 1 N–H and O–H groups in total. The maximum absolute atomic E-state index is 5.64. The van der Waals surface area contributed by atoms with Crippen molar-refractivity contribution in [2.75, 3.05) is 0 Å². The van der Waals surface area contributed by atoms with Gasteiger partial charge in [-0.1, -0.05) is 12.8 Å². The maximum atomic E-state index is 5.64. The van der Waals surface area contributed by atoms with E-state index in [-0.39, 0.29) is 0 Å². The molecule has 16 heavy (non-hydrogen) atoms. The Labute approximate surface area is 96.9 Å². The van der Waals surface area contributed by atoms with Crippen molar-refractivity contribution in [1.82, 2.24) is 15.3 Å². The van der Waals surface area contributed by atoms with Gasteiger partial charge in [0.2, 0.25) is 0 Å². The number of hydroxylamine groups is 1. The summed E-state index contributed by atoms with van der Waals surface area (Å²) in [5.74, 6) is 0. The minimum Gasteiger partial charge on any atom is -0.298 e. The van der Waals surface area contributed by atoms with E-state index in [0.717, 1.165) is 12.2 Å². The molecule has 0 unspecified atom stereocenters. The lowest BCUT2D eigenvalue weighted by atomic mass is 10.2. The van der Waals surface area contributed by atoms with Crippen LogP contribution < -0.4 is 5.48 Å². The van der Waals surface area contributed by atoms with Crippen molar-refractivity contribution in [1.29, 1.82) is 0 Å². The van der Waals surface area contributed by atoms with E-state index in [1.165, 1.54) is 36.9 Å². The molecule has 0 saturated heterocycles. The van der Waals surface area contributed by atoms with Crippen molar-refractivity contribution in [3.8, 4) is 0 Å². The number of aryl methyl sites for hydroxylation is 2. The third kappa shape index (κ3) is 2.44. The Morgan fingerprint density at radius 1 is 1.38 bits per heavy atom. The Morgan fingerprint density at radius 2 is 2.06 bits per heavy atom. The quantitative estimate of drug-likeness (QED) is 0.794. The average Bonchev–Trinajstić information content (AvgIpc) is 2.82. The molecule has 1 heterocycles. The van der Waals surface area contributed by atoms with Gasteiger partial charge in [0, 0.05) is 24.8 Å². The molecule has 0 bridgehead atoms. The van der Waals surface area contributed by atoms with Crippen LogP contribution in [0.15, 0.2) is 0 Å². The molecule has 0 atom stereocenters. The first-order chi connectivity index (χ1) is 7.68. The van der Waals surface area contributed by atoms with E-state index in [4.69, 9.17) is 4.84 Å². The molecule has 1 aliphatic carbocycles. The Balaban J connectivity index is 1.84. The molecule has 1 aromatic heterocycles. The molecular formula is C12H21N3O. The van der Waals surface area contributed by atoms with E-state index in [2.05, 4.69) is 17.5 Å². The fourth-order valence-electron chi connectivity index (χ4n) is 2.31. The summed E-state index contributed by atoms with van der Waals surface area (Å²) in [7, 11) is 1.98. The third-order valence-corrected chi connectivity index (χ3v) is 3.46. The minimum absolute atomic E-state index is 0.414. The zero-order chi connectivity index (χ0) is 11.5. The number of aromatic nitrogens is 2. The Bertz CT molecular complexity index is 353. The number of nitrogens with one attached hydrogen (secondary N) is 1. The van der Waals surface area contributed by atoms with Crippen LogP contribution in [0.5, 0.6) is 0 Å². The van der Waals surface area contributed by atoms with Crippen molar-refractivity contribution < 1.29 is 4.84 Å². The number of rotatable bonds is 4. The maximum Gasteiger partial charge on any atom is 0.0790 e. The molecule has 4 nitrogen and oxygen atoms in total. The van der Waals surface area contributed by atoms with Crippen molar-refractivity contribution in [3.63, 3.8) is 0 Å². The highest BCUT2D eigenvalue weighted by Gasteiger charge is 2.16. The van der Waals surface area contributed by atoms with Crippen LogP contribution in [0, 0.1) is 13.8 Å². The normalized spacial score (nSPS) is 17.2. The average molecular weight is 223 g/mol. The van der Waals surface area contributed by atoms with Crippen molar-refractivity contribution in [2.24, 2.45) is 7.05 Å². The van der Waals surface area contributed by atoms with Crippen molar-refractivity contribution >= 4 is 0 Å². The predicted molar refractivity (Wildman–Crippen MR) is 62.9 cm³/mol. The van der Waals surface area contributed by atoms with Gasteiger partial charge in [-0.3, -0.25) is 9.52 Å². The van der Waals surface area contributed by atoms with E-state index in [0.29, 0.717) is 6.10 Å². The monoisotopic (exact) mass is 223 g/mol. The molecule has 0 radical (unpaired) electrons. The van der Waals surface area contributed by atoms with Gasteiger partial charge in [-0.05, 0) is 26.7 Å². The van der Waals surface area contributed by atoms with E-state index < -0.39 is 0 Å². The topological polar surface area (TPSA) is 39.1 Å². The van der Waals surface area contributed by atoms with Crippen LogP contribution in [0.2, 0.25) is 0 Å². The Hall–Kier alpha value is -0.870. The lowest BCUT2D eigenvalue weighted by molar-refractivity contribution is -0.0245. The van der Waals surface area contributed by atoms with E-state index >= 15 is 0 Å². The van der Waals surface area contributed by atoms with Crippen LogP contribution in [0.1, 0.15) is 42.6 Å². The van der Waals surface area contributed by atoms with Crippen LogP contribution in [0.3, 0.4) is 0 Å². The second kappa shape index (κ2) is 4.97. The summed E-state index contributed by atoms with van der Waals surface area (Å²) in [6, 6.07) is 0. The second-order valence-corrected chi connectivity index (χ2v) is 4.62. The standard InChI is InChI=1S/C12H21N3O/c1-9-12(10(2)15(3)14-9)8-13-16-11-6-4-5-7-11/h11,13H,4-8H2,1-3H3. The molecule has 1 aromatic rings. The summed E-state index contributed by atoms with van der Waals surface area (Å²) < 4.78 is 1.92. The lowest BCUT2D eigenvalue weighted by Crippen LogP contribution is -2.21. The molecule has 90 valence electrons. The molecule has 1 aliphatic rings. The Kier molecular flexibility index (Phi) is 3.61. The summed E-state index contributed by atoms with van der Waals surface area (Å²) >= 11 is 0. The van der Waals surface area contributed by atoms with Gasteiger partial charge in [0.25, 0.3) is 0 Å². The number of hydrogen-bond acceptors (Lipinski definition) is 3. The van der Waals surface area contributed by atoms with Gasteiger partial charge in [-0.2, -0.15) is 10.6 Å². The molecule has 2 rings (SSSR count). The molecule has 1 fully saturated rings. The SMILES string of the molecule is Cc1nn(C)c(C)c1CNOC1CCCC1. The van der Waals surface area contributed by atoms with Gasteiger partial charge in [-0.15, -0.1) is 0 Å². The highest BCUT2D eigenvalue weighted by atomic mass is 16.7. The molecule has 1 saturated carbocycles.